The summed E-state index contributed by atoms with van der Waals surface area (Å²) >= 11 is 0. The number of hydrogen-bond donors (Lipinski definition) is 4. The number of anilines is 3. The van der Waals surface area contributed by atoms with E-state index < -0.39 is 11.9 Å². The molecule has 3 aromatic rings. The Kier molecular flexibility index (Phi) is 4.68. The number of aromatic nitrogens is 4. The largest absolute Gasteiger partial charge is 0.394 e. The maximum Gasteiger partial charge on any atom is 0.225 e. The van der Waals surface area contributed by atoms with Crippen molar-refractivity contribution < 1.29 is 13.9 Å². The van der Waals surface area contributed by atoms with Crippen molar-refractivity contribution in [1.82, 2.24) is 20.2 Å². The van der Waals surface area contributed by atoms with Crippen LogP contribution in [-0.2, 0) is 0 Å². The van der Waals surface area contributed by atoms with Crippen LogP contribution in [0.4, 0.5) is 26.4 Å². The van der Waals surface area contributed by atoms with Crippen molar-refractivity contribution in [2.24, 2.45) is 0 Å². The zero-order chi connectivity index (χ0) is 18.8. The van der Waals surface area contributed by atoms with Crippen LogP contribution in [0.15, 0.2) is 36.5 Å². The van der Waals surface area contributed by atoms with Crippen molar-refractivity contribution in [3.05, 3.63) is 59.4 Å². The van der Waals surface area contributed by atoms with Gasteiger partial charge in [0, 0.05) is 17.7 Å². The first kappa shape index (κ1) is 17.3. The molecule has 1 aliphatic rings. The van der Waals surface area contributed by atoms with E-state index in [-0.39, 0.29) is 24.2 Å². The summed E-state index contributed by atoms with van der Waals surface area (Å²) < 4.78 is 27.2. The average molecular weight is 372 g/mol. The monoisotopic (exact) mass is 372 g/mol. The summed E-state index contributed by atoms with van der Waals surface area (Å²) in [7, 11) is 0. The van der Waals surface area contributed by atoms with Gasteiger partial charge in [-0.3, -0.25) is 5.10 Å². The molecule has 1 atom stereocenters. The number of rotatable bonds is 7. The molecule has 4 N–H and O–H groups in total. The van der Waals surface area contributed by atoms with Gasteiger partial charge in [0.15, 0.2) is 17.5 Å². The summed E-state index contributed by atoms with van der Waals surface area (Å²) in [6, 6.07) is 6.97. The van der Waals surface area contributed by atoms with E-state index >= 15 is 0 Å². The average Bonchev–Trinajstić information content (AvgIpc) is 3.42. The van der Waals surface area contributed by atoms with Crippen LogP contribution in [0.25, 0.3) is 0 Å². The fourth-order valence-electron chi connectivity index (χ4n) is 2.74. The van der Waals surface area contributed by atoms with Crippen LogP contribution in [0.1, 0.15) is 36.1 Å². The van der Waals surface area contributed by atoms with Crippen molar-refractivity contribution in [2.75, 3.05) is 17.2 Å². The first-order valence-electron chi connectivity index (χ1n) is 8.60. The Morgan fingerprint density at radius 3 is 2.70 bits per heavy atom. The van der Waals surface area contributed by atoms with Gasteiger partial charge in [-0.05, 0) is 30.5 Å². The highest BCUT2D eigenvalue weighted by Crippen LogP contribution is 2.39. The number of nitrogens with zero attached hydrogens (tertiary/aromatic N) is 3. The van der Waals surface area contributed by atoms with Crippen LogP contribution in [0.2, 0.25) is 0 Å². The van der Waals surface area contributed by atoms with E-state index in [0.29, 0.717) is 17.3 Å². The molecule has 0 radical (unpaired) electrons. The smallest absolute Gasteiger partial charge is 0.225 e. The Hall–Kier alpha value is -3.07. The standard InChI is InChI=1S/C18H18F2N6O/c19-12-5-3-11(4-6-12)15(9-27)22-18-21-8-13(20)17(24-18)23-16-7-14(25-26-16)10-1-2-10/h3-8,10,15,27H,1-2,9H2,(H3,21,22,23,24,25,26). The van der Waals surface area contributed by atoms with Crippen molar-refractivity contribution in [1.29, 1.82) is 0 Å². The van der Waals surface area contributed by atoms with Gasteiger partial charge in [0.05, 0.1) is 18.8 Å². The minimum Gasteiger partial charge on any atom is -0.394 e. The van der Waals surface area contributed by atoms with E-state index in [0.717, 1.165) is 24.7 Å². The van der Waals surface area contributed by atoms with Crippen LogP contribution in [0.5, 0.6) is 0 Å². The molecular weight excluding hydrogens is 354 g/mol. The lowest BCUT2D eigenvalue weighted by Crippen LogP contribution is -2.17. The first-order valence-corrected chi connectivity index (χ1v) is 8.60. The number of aliphatic hydroxyl groups excluding tert-OH is 1. The molecule has 1 saturated carbocycles. The lowest BCUT2D eigenvalue weighted by Gasteiger charge is -2.17. The lowest BCUT2D eigenvalue weighted by atomic mass is 10.1. The maximum absolute atomic E-state index is 14.1. The molecule has 0 bridgehead atoms. The van der Waals surface area contributed by atoms with Crippen LogP contribution in [0, 0.1) is 11.6 Å². The molecule has 2 heterocycles. The van der Waals surface area contributed by atoms with Gasteiger partial charge in [0.2, 0.25) is 5.95 Å². The quantitative estimate of drug-likeness (QED) is 0.508. The first-order chi connectivity index (χ1) is 13.1. The molecule has 9 heteroatoms. The third-order valence-corrected chi connectivity index (χ3v) is 4.36. The van der Waals surface area contributed by atoms with Crippen LogP contribution < -0.4 is 10.6 Å². The van der Waals surface area contributed by atoms with Gasteiger partial charge >= 0.3 is 0 Å². The summed E-state index contributed by atoms with van der Waals surface area (Å²) in [5, 5.41) is 22.4. The van der Waals surface area contributed by atoms with E-state index in [4.69, 9.17) is 0 Å². The Morgan fingerprint density at radius 1 is 1.22 bits per heavy atom. The van der Waals surface area contributed by atoms with Crippen LogP contribution in [0.3, 0.4) is 0 Å². The van der Waals surface area contributed by atoms with E-state index in [1.165, 1.54) is 12.1 Å². The van der Waals surface area contributed by atoms with Gasteiger partial charge in [-0.2, -0.15) is 10.1 Å². The Bertz CT molecular complexity index is 926. The van der Waals surface area contributed by atoms with Crippen molar-refractivity contribution in [2.45, 2.75) is 24.8 Å². The predicted molar refractivity (Wildman–Crippen MR) is 95.7 cm³/mol. The summed E-state index contributed by atoms with van der Waals surface area (Å²) in [4.78, 5) is 8.02. The van der Waals surface area contributed by atoms with Gasteiger partial charge in [0.25, 0.3) is 0 Å². The molecule has 0 amide bonds. The number of H-pyrrole nitrogens is 1. The molecular formula is C18H18F2N6O. The summed E-state index contributed by atoms with van der Waals surface area (Å²) in [5.74, 6) is 0.0694. The van der Waals surface area contributed by atoms with Gasteiger partial charge in [-0.1, -0.05) is 12.1 Å². The zero-order valence-electron chi connectivity index (χ0n) is 14.3. The highest BCUT2D eigenvalue weighted by atomic mass is 19.1. The third-order valence-electron chi connectivity index (χ3n) is 4.36. The van der Waals surface area contributed by atoms with Crippen LogP contribution >= 0.6 is 0 Å². The van der Waals surface area contributed by atoms with E-state index in [2.05, 4.69) is 30.8 Å². The number of benzene rings is 1. The molecule has 0 saturated heterocycles. The molecule has 7 nitrogen and oxygen atoms in total. The molecule has 0 spiro atoms. The van der Waals surface area contributed by atoms with Crippen molar-refractivity contribution in [3.8, 4) is 0 Å². The second-order valence-corrected chi connectivity index (χ2v) is 6.43. The summed E-state index contributed by atoms with van der Waals surface area (Å²) in [6.07, 6.45) is 3.29. The minimum absolute atomic E-state index is 0.0304. The number of aromatic amines is 1. The van der Waals surface area contributed by atoms with E-state index in [1.807, 2.05) is 6.07 Å². The second kappa shape index (κ2) is 7.28. The zero-order valence-corrected chi connectivity index (χ0v) is 14.3. The molecule has 0 aliphatic heterocycles. The summed E-state index contributed by atoms with van der Waals surface area (Å²) in [6.45, 7) is -0.265. The minimum atomic E-state index is -0.626. The molecule has 1 aromatic carbocycles. The van der Waals surface area contributed by atoms with Gasteiger partial charge in [0.1, 0.15) is 5.82 Å². The molecule has 27 heavy (non-hydrogen) atoms. The SMILES string of the molecule is OCC(Nc1ncc(F)c(Nc2cc(C3CC3)[nH]n2)n1)c1ccc(F)cc1. The molecule has 2 aromatic heterocycles. The highest BCUT2D eigenvalue weighted by Gasteiger charge is 2.25. The second-order valence-electron chi connectivity index (χ2n) is 6.43. The molecule has 1 unspecified atom stereocenters. The Labute approximate surface area is 153 Å². The topological polar surface area (TPSA) is 98.8 Å². The summed E-state index contributed by atoms with van der Waals surface area (Å²) in [5.41, 5.74) is 1.67. The lowest BCUT2D eigenvalue weighted by molar-refractivity contribution is 0.276. The van der Waals surface area contributed by atoms with E-state index in [1.54, 1.807) is 12.1 Å². The number of hydrogen-bond acceptors (Lipinski definition) is 6. The van der Waals surface area contributed by atoms with Gasteiger partial charge in [-0.25, -0.2) is 13.8 Å². The molecule has 140 valence electrons. The van der Waals surface area contributed by atoms with E-state index in [9.17, 15) is 13.9 Å². The maximum atomic E-state index is 14.1. The Balaban J connectivity index is 1.51. The number of nitrogens with one attached hydrogen (secondary N) is 3. The fraction of sp³-hybridized carbons (Fsp3) is 0.278. The van der Waals surface area contributed by atoms with Gasteiger partial charge < -0.3 is 15.7 Å². The highest BCUT2D eigenvalue weighted by molar-refractivity contribution is 5.54. The van der Waals surface area contributed by atoms with Crippen molar-refractivity contribution in [3.63, 3.8) is 0 Å². The Morgan fingerprint density at radius 2 is 2.00 bits per heavy atom. The van der Waals surface area contributed by atoms with Crippen molar-refractivity contribution >= 4 is 17.6 Å². The van der Waals surface area contributed by atoms with Crippen LogP contribution in [-0.4, -0.2) is 31.9 Å². The fourth-order valence-corrected chi connectivity index (χ4v) is 2.74. The number of halogens is 2. The third kappa shape index (κ3) is 4.03. The molecule has 4 rings (SSSR count). The normalized spacial score (nSPS) is 14.8. The number of aliphatic hydroxyl groups is 1. The predicted octanol–water partition coefficient (Wildman–Crippen LogP) is 3.24. The molecule has 1 aliphatic carbocycles. The van der Waals surface area contributed by atoms with Gasteiger partial charge in [-0.15, -0.1) is 0 Å². The molecule has 1 fully saturated rings.